The number of rotatable bonds is 7. The highest BCUT2D eigenvalue weighted by Crippen LogP contribution is 2.42. The molecule has 1 aliphatic heterocycles. The zero-order chi connectivity index (χ0) is 15.8. The van der Waals surface area contributed by atoms with Crippen LogP contribution in [0.25, 0.3) is 0 Å². The summed E-state index contributed by atoms with van der Waals surface area (Å²) in [6, 6.07) is 0. The summed E-state index contributed by atoms with van der Waals surface area (Å²) in [7, 11) is -0.878. The fourth-order valence-corrected chi connectivity index (χ4v) is 2.94. The second-order valence-electron chi connectivity index (χ2n) is 6.61. The fourth-order valence-electron chi connectivity index (χ4n) is 1.65. The Kier molecular flexibility index (Phi) is 4.93. The summed E-state index contributed by atoms with van der Waals surface area (Å²) >= 11 is 0. The van der Waals surface area contributed by atoms with Gasteiger partial charge in [-0.15, -0.1) is 0 Å². The molecule has 3 atom stereocenters. The monoisotopic (exact) mass is 303 g/mol. The average Bonchev–Trinajstić information content (AvgIpc) is 3.14. The molecular formula is C13H25NO5Si. The van der Waals surface area contributed by atoms with Gasteiger partial charge in [0.15, 0.2) is 20.2 Å². The highest BCUT2D eigenvalue weighted by Gasteiger charge is 2.62. The summed E-state index contributed by atoms with van der Waals surface area (Å²) in [5.74, 6) is -0.502. The minimum absolute atomic E-state index is 0.0808. The van der Waals surface area contributed by atoms with Crippen molar-refractivity contribution in [1.82, 2.24) is 0 Å². The summed E-state index contributed by atoms with van der Waals surface area (Å²) in [5, 5.41) is 17.1. The molecule has 0 spiro atoms. The molecule has 7 heteroatoms. The van der Waals surface area contributed by atoms with Gasteiger partial charge in [-0.2, -0.15) is 0 Å². The second-order valence-corrected chi connectivity index (χ2v) is 11.4. The standard InChI is InChI=1S/C13H25NO5Si/c1-12(2,3)20(5,6)19-10(11(16)17-4)13(8-18-13)9(15)7-14/h7,10-11,14,16H,8H2,1-6H3/t10-,11?,13+/m1/s1. The van der Waals surface area contributed by atoms with E-state index in [0.29, 0.717) is 6.21 Å². The Balaban J connectivity index is 3.04. The third kappa shape index (κ3) is 3.17. The van der Waals surface area contributed by atoms with Crippen LogP contribution in [0.4, 0.5) is 0 Å². The molecule has 0 saturated carbocycles. The number of hydrogen-bond acceptors (Lipinski definition) is 6. The van der Waals surface area contributed by atoms with Crippen LogP contribution in [-0.2, 0) is 18.7 Å². The SMILES string of the molecule is COC(O)[C@@H](O[Si](C)(C)C(C)(C)C)[C@@]1(C(=O)C=N)CO1. The fraction of sp³-hybridized carbons (Fsp3) is 0.846. The van der Waals surface area contributed by atoms with Crippen LogP contribution >= 0.6 is 0 Å². The summed E-state index contributed by atoms with van der Waals surface area (Å²) in [4.78, 5) is 11.9. The normalized spacial score (nSPS) is 25.9. The number of aliphatic hydroxyl groups excluding tert-OH is 1. The van der Waals surface area contributed by atoms with E-state index in [2.05, 4.69) is 20.8 Å². The van der Waals surface area contributed by atoms with E-state index in [-0.39, 0.29) is 11.6 Å². The number of epoxide rings is 1. The molecule has 0 aromatic carbocycles. The van der Waals surface area contributed by atoms with E-state index in [4.69, 9.17) is 19.3 Å². The smallest absolute Gasteiger partial charge is 0.210 e. The van der Waals surface area contributed by atoms with Crippen LogP contribution in [0, 0.1) is 5.41 Å². The number of hydrogen-bond donors (Lipinski definition) is 2. The summed E-state index contributed by atoms with van der Waals surface area (Å²) in [6.45, 7) is 10.4. The van der Waals surface area contributed by atoms with E-state index < -0.39 is 32.1 Å². The van der Waals surface area contributed by atoms with Crippen molar-refractivity contribution in [2.24, 2.45) is 0 Å². The van der Waals surface area contributed by atoms with Crippen LogP contribution in [-0.4, -0.2) is 57.1 Å². The van der Waals surface area contributed by atoms with E-state index in [9.17, 15) is 9.90 Å². The molecule has 6 nitrogen and oxygen atoms in total. The minimum atomic E-state index is -2.22. The zero-order valence-electron chi connectivity index (χ0n) is 13.0. The largest absolute Gasteiger partial charge is 0.405 e. The van der Waals surface area contributed by atoms with E-state index in [1.807, 2.05) is 13.1 Å². The van der Waals surface area contributed by atoms with Gasteiger partial charge >= 0.3 is 0 Å². The lowest BCUT2D eigenvalue weighted by molar-refractivity contribution is -0.163. The topological polar surface area (TPSA) is 92.1 Å². The lowest BCUT2D eigenvalue weighted by Gasteiger charge is -2.41. The first-order valence-corrected chi connectivity index (χ1v) is 9.50. The molecule has 20 heavy (non-hydrogen) atoms. The van der Waals surface area contributed by atoms with E-state index >= 15 is 0 Å². The number of ether oxygens (including phenoxy) is 2. The molecule has 1 saturated heterocycles. The number of aliphatic hydroxyl groups is 1. The number of ketones is 1. The number of carbonyl (C=O) groups excluding carboxylic acids is 1. The van der Waals surface area contributed by atoms with E-state index in [1.165, 1.54) is 7.11 Å². The van der Waals surface area contributed by atoms with E-state index in [0.717, 1.165) is 0 Å². The third-order valence-corrected chi connectivity index (χ3v) is 8.65. The molecule has 0 aliphatic carbocycles. The Hall–Kier alpha value is -0.603. The highest BCUT2D eigenvalue weighted by molar-refractivity contribution is 6.74. The van der Waals surface area contributed by atoms with Crippen LogP contribution in [0.3, 0.4) is 0 Å². The third-order valence-electron chi connectivity index (χ3n) is 4.19. The first-order chi connectivity index (χ1) is 9.02. The number of Topliss-reactive ketones (excluding diaryl/α,β-unsaturated/α-hetero) is 1. The van der Waals surface area contributed by atoms with Crippen LogP contribution in [0.2, 0.25) is 18.1 Å². The number of nitrogens with one attached hydrogen (secondary N) is 1. The van der Waals surface area contributed by atoms with Crippen LogP contribution < -0.4 is 0 Å². The summed E-state index contributed by atoms with van der Waals surface area (Å²) in [5.41, 5.74) is -1.27. The van der Waals surface area contributed by atoms with Gasteiger partial charge in [0, 0.05) is 7.11 Å². The molecule has 0 aromatic heterocycles. The average molecular weight is 303 g/mol. The van der Waals surface area contributed by atoms with Crippen molar-refractivity contribution >= 4 is 20.3 Å². The lowest BCUT2D eigenvalue weighted by Crippen LogP contribution is -2.55. The van der Waals surface area contributed by atoms with E-state index in [1.54, 1.807) is 0 Å². The van der Waals surface area contributed by atoms with Crippen molar-refractivity contribution in [2.75, 3.05) is 13.7 Å². The van der Waals surface area contributed by atoms with Gasteiger partial charge < -0.3 is 24.4 Å². The quantitative estimate of drug-likeness (QED) is 0.320. The molecule has 0 bridgehead atoms. The Labute approximate surface area is 121 Å². The van der Waals surface area contributed by atoms with Gasteiger partial charge in [0.2, 0.25) is 5.78 Å². The predicted molar refractivity (Wildman–Crippen MR) is 77.6 cm³/mol. The van der Waals surface area contributed by atoms with Gasteiger partial charge in [0.25, 0.3) is 0 Å². The van der Waals surface area contributed by atoms with Crippen molar-refractivity contribution in [1.29, 1.82) is 5.41 Å². The maximum absolute atomic E-state index is 11.9. The maximum Gasteiger partial charge on any atom is 0.210 e. The molecule has 1 unspecified atom stereocenters. The number of methoxy groups -OCH3 is 1. The van der Waals surface area contributed by atoms with Crippen LogP contribution in [0.1, 0.15) is 20.8 Å². The van der Waals surface area contributed by atoms with Gasteiger partial charge in [-0.05, 0) is 18.1 Å². The molecule has 0 radical (unpaired) electrons. The molecule has 1 fully saturated rings. The lowest BCUT2D eigenvalue weighted by atomic mass is 9.98. The Morgan fingerprint density at radius 2 is 2.00 bits per heavy atom. The predicted octanol–water partition coefficient (Wildman–Crippen LogP) is 1.33. The van der Waals surface area contributed by atoms with Crippen molar-refractivity contribution in [3.63, 3.8) is 0 Å². The maximum atomic E-state index is 11.9. The van der Waals surface area contributed by atoms with Gasteiger partial charge in [0.05, 0.1) is 12.8 Å². The molecule has 1 rings (SSSR count). The molecule has 1 aliphatic rings. The first kappa shape index (κ1) is 17.4. The molecular weight excluding hydrogens is 278 g/mol. The van der Waals surface area contributed by atoms with Crippen molar-refractivity contribution < 1.29 is 23.8 Å². The van der Waals surface area contributed by atoms with Gasteiger partial charge in [-0.25, -0.2) is 0 Å². The second kappa shape index (κ2) is 5.65. The first-order valence-electron chi connectivity index (χ1n) is 6.59. The minimum Gasteiger partial charge on any atom is -0.405 e. The molecule has 0 amide bonds. The summed E-state index contributed by atoms with van der Waals surface area (Å²) in [6.07, 6.45) is -1.48. The Morgan fingerprint density at radius 1 is 1.50 bits per heavy atom. The van der Waals surface area contributed by atoms with Crippen molar-refractivity contribution in [2.45, 2.75) is 56.9 Å². The zero-order valence-corrected chi connectivity index (χ0v) is 14.0. The summed E-state index contributed by atoms with van der Waals surface area (Å²) < 4.78 is 16.3. The number of carbonyl (C=O) groups is 1. The molecule has 1 heterocycles. The molecule has 116 valence electrons. The Morgan fingerprint density at radius 3 is 2.30 bits per heavy atom. The van der Waals surface area contributed by atoms with Gasteiger partial charge in [-0.3, -0.25) is 4.79 Å². The van der Waals surface area contributed by atoms with Crippen molar-refractivity contribution in [3.05, 3.63) is 0 Å². The van der Waals surface area contributed by atoms with Crippen LogP contribution in [0.5, 0.6) is 0 Å². The molecule has 2 N–H and O–H groups in total. The molecule has 0 aromatic rings. The van der Waals surface area contributed by atoms with Crippen molar-refractivity contribution in [3.8, 4) is 0 Å². The highest BCUT2D eigenvalue weighted by atomic mass is 28.4. The Bertz CT molecular complexity index is 387. The van der Waals surface area contributed by atoms with Crippen LogP contribution in [0.15, 0.2) is 0 Å². The van der Waals surface area contributed by atoms with Gasteiger partial charge in [-0.1, -0.05) is 20.8 Å². The van der Waals surface area contributed by atoms with Gasteiger partial charge in [0.1, 0.15) is 6.10 Å².